The number of alkyl halides is 2. The first-order valence-corrected chi connectivity index (χ1v) is 7.82. The Labute approximate surface area is 121 Å². The first-order valence-electron chi connectivity index (χ1n) is 5.99. The second-order valence-electron chi connectivity index (χ2n) is 6.48. The predicted octanol–water partition coefficient (Wildman–Crippen LogP) is 4.15. The largest absolute Gasteiger partial charge is 0.460 e. The highest BCUT2D eigenvalue weighted by Crippen LogP contribution is 2.63. The van der Waals surface area contributed by atoms with E-state index in [1.54, 1.807) is 0 Å². The molecule has 0 amide bonds. The van der Waals surface area contributed by atoms with E-state index >= 15 is 0 Å². The highest BCUT2D eigenvalue weighted by atomic mass is 79.9. The lowest BCUT2D eigenvalue weighted by Crippen LogP contribution is -2.26. The molecule has 0 aromatic carbocycles. The van der Waals surface area contributed by atoms with E-state index < -0.39 is 5.60 Å². The smallest absolute Gasteiger partial charge is 0.310 e. The molecule has 0 aromatic heterocycles. The Balaban J connectivity index is 2.71. The summed E-state index contributed by atoms with van der Waals surface area (Å²) >= 11 is 7.25. The van der Waals surface area contributed by atoms with Gasteiger partial charge in [0, 0.05) is 9.65 Å². The average Bonchev–Trinajstić information content (AvgIpc) is 2.64. The van der Waals surface area contributed by atoms with E-state index in [0.717, 1.165) is 0 Å². The van der Waals surface area contributed by atoms with Gasteiger partial charge in [-0.05, 0) is 32.1 Å². The van der Waals surface area contributed by atoms with E-state index in [1.807, 2.05) is 20.8 Å². The maximum absolute atomic E-state index is 12.1. The van der Waals surface area contributed by atoms with Gasteiger partial charge >= 0.3 is 5.97 Å². The van der Waals surface area contributed by atoms with Crippen molar-refractivity contribution in [2.45, 2.75) is 56.8 Å². The summed E-state index contributed by atoms with van der Waals surface area (Å²) in [6.45, 7) is 12.1. The first-order chi connectivity index (χ1) is 7.48. The van der Waals surface area contributed by atoms with Gasteiger partial charge in [0.05, 0.1) is 5.92 Å². The Hall–Kier alpha value is 0.430. The third kappa shape index (κ3) is 3.46. The van der Waals surface area contributed by atoms with Crippen molar-refractivity contribution < 1.29 is 9.53 Å². The molecule has 1 aliphatic carbocycles. The van der Waals surface area contributed by atoms with E-state index in [0.29, 0.717) is 15.6 Å². The zero-order valence-electron chi connectivity index (χ0n) is 11.4. The molecule has 2 nitrogen and oxygen atoms in total. The van der Waals surface area contributed by atoms with E-state index in [9.17, 15) is 4.79 Å². The van der Waals surface area contributed by atoms with Crippen LogP contribution in [0.3, 0.4) is 0 Å². The number of ether oxygens (including phenoxy) is 1. The molecule has 0 heterocycles. The summed E-state index contributed by atoms with van der Waals surface area (Å²) in [4.78, 5) is 12.8. The molecule has 0 bridgehead atoms. The van der Waals surface area contributed by atoms with Gasteiger partial charge in [-0.25, -0.2) is 0 Å². The van der Waals surface area contributed by atoms with Crippen molar-refractivity contribution in [2.24, 2.45) is 17.3 Å². The summed E-state index contributed by atoms with van der Waals surface area (Å²) < 4.78 is 5.48. The molecule has 0 N–H and O–H groups in total. The first kappa shape index (κ1) is 15.5. The number of hydrogen-bond donors (Lipinski definition) is 0. The van der Waals surface area contributed by atoms with Gasteiger partial charge in [-0.1, -0.05) is 52.6 Å². The molecule has 1 aliphatic rings. The molecular formula is C13H22Br2O2. The SMILES string of the molecule is CC(Br)C(Br)[C@@H]1[C@@H](C(=O)OC(C)(C)C)C1(C)C. The summed E-state index contributed by atoms with van der Waals surface area (Å²) in [7, 11) is 0. The summed E-state index contributed by atoms with van der Waals surface area (Å²) in [5.41, 5.74) is -0.374. The van der Waals surface area contributed by atoms with Gasteiger partial charge in [0.25, 0.3) is 0 Å². The van der Waals surface area contributed by atoms with Crippen molar-refractivity contribution in [1.82, 2.24) is 0 Å². The van der Waals surface area contributed by atoms with Crippen LogP contribution in [0.15, 0.2) is 0 Å². The van der Waals surface area contributed by atoms with Gasteiger partial charge in [-0.2, -0.15) is 0 Å². The van der Waals surface area contributed by atoms with Crippen molar-refractivity contribution in [2.75, 3.05) is 0 Å². The van der Waals surface area contributed by atoms with Crippen LogP contribution in [-0.4, -0.2) is 21.2 Å². The second kappa shape index (κ2) is 4.84. The maximum atomic E-state index is 12.1. The second-order valence-corrected chi connectivity index (χ2v) is 8.98. The number of rotatable bonds is 3. The van der Waals surface area contributed by atoms with Crippen LogP contribution in [0.25, 0.3) is 0 Å². The molecule has 17 heavy (non-hydrogen) atoms. The molecule has 0 saturated heterocycles. The molecule has 1 fully saturated rings. The number of hydrogen-bond acceptors (Lipinski definition) is 2. The van der Waals surface area contributed by atoms with E-state index in [4.69, 9.17) is 4.74 Å². The van der Waals surface area contributed by atoms with Crippen molar-refractivity contribution in [3.63, 3.8) is 0 Å². The van der Waals surface area contributed by atoms with Crippen LogP contribution in [0.1, 0.15) is 41.5 Å². The van der Waals surface area contributed by atoms with Crippen LogP contribution in [0.5, 0.6) is 0 Å². The molecule has 0 spiro atoms. The van der Waals surface area contributed by atoms with Crippen LogP contribution in [0.4, 0.5) is 0 Å². The lowest BCUT2D eigenvalue weighted by molar-refractivity contribution is -0.157. The van der Waals surface area contributed by atoms with Gasteiger partial charge in [0.2, 0.25) is 0 Å². The van der Waals surface area contributed by atoms with Crippen molar-refractivity contribution in [1.29, 1.82) is 0 Å². The number of carbonyl (C=O) groups excluding carboxylic acids is 1. The van der Waals surface area contributed by atoms with Crippen LogP contribution < -0.4 is 0 Å². The highest BCUT2D eigenvalue weighted by Gasteiger charge is 2.65. The highest BCUT2D eigenvalue weighted by molar-refractivity contribution is 9.12. The fraction of sp³-hybridized carbons (Fsp3) is 0.923. The third-order valence-corrected chi connectivity index (χ3v) is 5.99. The summed E-state index contributed by atoms with van der Waals surface area (Å²) in [6, 6.07) is 0. The number of carbonyl (C=O) groups is 1. The molecule has 2 unspecified atom stereocenters. The maximum Gasteiger partial charge on any atom is 0.310 e. The van der Waals surface area contributed by atoms with Gasteiger partial charge < -0.3 is 4.74 Å². The quantitative estimate of drug-likeness (QED) is 0.551. The molecule has 4 heteroatoms. The van der Waals surface area contributed by atoms with Gasteiger partial charge in [0.15, 0.2) is 0 Å². The minimum absolute atomic E-state index is 0.00565. The normalized spacial score (nSPS) is 30.6. The average molecular weight is 370 g/mol. The zero-order valence-corrected chi connectivity index (χ0v) is 14.6. The molecule has 4 atom stereocenters. The van der Waals surface area contributed by atoms with Crippen LogP contribution in [-0.2, 0) is 9.53 Å². The molecule has 0 aliphatic heterocycles. The van der Waals surface area contributed by atoms with E-state index in [1.165, 1.54) is 0 Å². The number of esters is 1. The molecule has 1 rings (SSSR count). The molecular weight excluding hydrogens is 348 g/mol. The Kier molecular flexibility index (Phi) is 4.41. The van der Waals surface area contributed by atoms with Crippen LogP contribution in [0, 0.1) is 17.3 Å². The fourth-order valence-corrected chi connectivity index (χ4v) is 3.69. The lowest BCUT2D eigenvalue weighted by atomic mass is 10.1. The topological polar surface area (TPSA) is 26.3 Å². The van der Waals surface area contributed by atoms with Crippen molar-refractivity contribution in [3.05, 3.63) is 0 Å². The van der Waals surface area contributed by atoms with E-state index in [2.05, 4.69) is 52.6 Å². The molecule has 100 valence electrons. The summed E-state index contributed by atoms with van der Waals surface area (Å²) in [6.07, 6.45) is 0. The molecule has 0 aromatic rings. The molecule has 1 saturated carbocycles. The van der Waals surface area contributed by atoms with Crippen molar-refractivity contribution in [3.8, 4) is 0 Å². The van der Waals surface area contributed by atoms with Crippen LogP contribution in [0.2, 0.25) is 0 Å². The Bertz CT molecular complexity index is 305. The van der Waals surface area contributed by atoms with E-state index in [-0.39, 0.29) is 17.3 Å². The van der Waals surface area contributed by atoms with Crippen LogP contribution >= 0.6 is 31.9 Å². The molecule has 0 radical (unpaired) electrons. The zero-order chi connectivity index (χ0) is 13.6. The lowest BCUT2D eigenvalue weighted by Gasteiger charge is -2.20. The van der Waals surface area contributed by atoms with Gasteiger partial charge in [0.1, 0.15) is 5.60 Å². The summed E-state index contributed by atoms with van der Waals surface area (Å²) in [5, 5.41) is 0. The van der Waals surface area contributed by atoms with Crippen molar-refractivity contribution >= 4 is 37.8 Å². The monoisotopic (exact) mass is 368 g/mol. The summed E-state index contributed by atoms with van der Waals surface area (Å²) in [5.74, 6) is 0.280. The minimum Gasteiger partial charge on any atom is -0.460 e. The van der Waals surface area contributed by atoms with Gasteiger partial charge in [-0.15, -0.1) is 0 Å². The van der Waals surface area contributed by atoms with Gasteiger partial charge in [-0.3, -0.25) is 4.79 Å². The minimum atomic E-state index is -0.401. The predicted molar refractivity (Wildman–Crippen MR) is 77.7 cm³/mol. The Morgan fingerprint density at radius 1 is 1.29 bits per heavy atom. The fourth-order valence-electron chi connectivity index (χ4n) is 2.37. The Morgan fingerprint density at radius 2 is 1.76 bits per heavy atom. The standard InChI is InChI=1S/C13H22Br2O2/c1-7(14)10(15)8-9(13(8,5)6)11(16)17-12(2,3)4/h7-10H,1-6H3/t7?,8-,9-,10?/m0/s1. The third-order valence-electron chi connectivity index (χ3n) is 3.35. The number of halogens is 2. The Morgan fingerprint density at radius 3 is 2.12 bits per heavy atom.